The summed E-state index contributed by atoms with van der Waals surface area (Å²) >= 11 is 1.64. The van der Waals surface area contributed by atoms with Crippen LogP contribution < -0.4 is 5.32 Å². The summed E-state index contributed by atoms with van der Waals surface area (Å²) in [6.45, 7) is 10.4. The van der Waals surface area contributed by atoms with Crippen LogP contribution in [0, 0.1) is 0 Å². The van der Waals surface area contributed by atoms with E-state index in [1.807, 2.05) is 5.38 Å². The standard InChI is InChI=1S/C23H33N3OS/c1-23(2,3)22-25-20(17-28-22)14-21(27)24-15-18-10-6-7-11-19(18)16-26-12-8-4-5-9-13-26/h6-7,10-11,17H,4-5,8-9,12-16H2,1-3H3,(H,24,27). The second kappa shape index (κ2) is 9.66. The molecule has 0 unspecified atom stereocenters. The molecule has 1 fully saturated rings. The third kappa shape index (κ3) is 6.14. The maximum Gasteiger partial charge on any atom is 0.226 e. The van der Waals surface area contributed by atoms with Crippen LogP contribution >= 0.6 is 11.3 Å². The van der Waals surface area contributed by atoms with Crippen LogP contribution in [0.25, 0.3) is 0 Å². The second-order valence-electron chi connectivity index (χ2n) is 8.81. The van der Waals surface area contributed by atoms with Gasteiger partial charge in [0.25, 0.3) is 0 Å². The first-order valence-electron chi connectivity index (χ1n) is 10.4. The zero-order chi connectivity index (χ0) is 20.0. The third-order valence-electron chi connectivity index (χ3n) is 5.22. The Hall–Kier alpha value is -1.72. The summed E-state index contributed by atoms with van der Waals surface area (Å²) in [6.07, 6.45) is 5.64. The molecule has 4 nitrogen and oxygen atoms in total. The van der Waals surface area contributed by atoms with Gasteiger partial charge < -0.3 is 5.32 Å². The van der Waals surface area contributed by atoms with Crippen molar-refractivity contribution in [3.8, 4) is 0 Å². The molecule has 1 aliphatic heterocycles. The first kappa shape index (κ1) is 21.0. The van der Waals surface area contributed by atoms with E-state index in [1.54, 1.807) is 11.3 Å². The van der Waals surface area contributed by atoms with E-state index in [0.717, 1.165) is 17.2 Å². The van der Waals surface area contributed by atoms with E-state index in [2.05, 4.69) is 60.2 Å². The Morgan fingerprint density at radius 2 is 1.79 bits per heavy atom. The van der Waals surface area contributed by atoms with E-state index < -0.39 is 0 Å². The van der Waals surface area contributed by atoms with Crippen LogP contribution in [0.5, 0.6) is 0 Å². The number of likely N-dealkylation sites (tertiary alicyclic amines) is 1. The van der Waals surface area contributed by atoms with Crippen LogP contribution in [0.15, 0.2) is 29.6 Å². The van der Waals surface area contributed by atoms with Crippen LogP contribution in [0.2, 0.25) is 0 Å². The molecule has 28 heavy (non-hydrogen) atoms. The normalized spacial score (nSPS) is 16.0. The van der Waals surface area contributed by atoms with Crippen molar-refractivity contribution in [2.75, 3.05) is 13.1 Å². The fraction of sp³-hybridized carbons (Fsp3) is 0.565. The number of nitrogens with one attached hydrogen (secondary N) is 1. The van der Waals surface area contributed by atoms with E-state index in [4.69, 9.17) is 0 Å². The van der Waals surface area contributed by atoms with Gasteiger partial charge in [-0.1, -0.05) is 57.9 Å². The molecule has 1 aromatic carbocycles. The van der Waals surface area contributed by atoms with Crippen molar-refractivity contribution in [3.63, 3.8) is 0 Å². The highest BCUT2D eigenvalue weighted by Crippen LogP contribution is 2.25. The SMILES string of the molecule is CC(C)(C)c1nc(CC(=O)NCc2ccccc2CN2CCCCCC2)cs1. The zero-order valence-electron chi connectivity index (χ0n) is 17.5. The molecule has 3 rings (SSSR count). The van der Waals surface area contributed by atoms with Crippen molar-refractivity contribution in [2.45, 2.75) is 71.4 Å². The van der Waals surface area contributed by atoms with Crippen LogP contribution in [0.3, 0.4) is 0 Å². The van der Waals surface area contributed by atoms with Gasteiger partial charge in [0.15, 0.2) is 0 Å². The molecule has 0 radical (unpaired) electrons. The van der Waals surface area contributed by atoms with Crippen molar-refractivity contribution < 1.29 is 4.79 Å². The van der Waals surface area contributed by atoms with Gasteiger partial charge >= 0.3 is 0 Å². The number of nitrogens with zero attached hydrogens (tertiary/aromatic N) is 2. The lowest BCUT2D eigenvalue weighted by atomic mass is 9.98. The highest BCUT2D eigenvalue weighted by Gasteiger charge is 2.19. The fourth-order valence-electron chi connectivity index (χ4n) is 3.57. The van der Waals surface area contributed by atoms with E-state index in [1.165, 1.54) is 49.9 Å². The Balaban J connectivity index is 1.55. The number of hydrogen-bond donors (Lipinski definition) is 1. The Morgan fingerprint density at radius 1 is 1.11 bits per heavy atom. The lowest BCUT2D eigenvalue weighted by Crippen LogP contribution is -2.27. The number of hydrogen-bond acceptors (Lipinski definition) is 4. The van der Waals surface area contributed by atoms with Gasteiger partial charge in [0.1, 0.15) is 0 Å². The van der Waals surface area contributed by atoms with Crippen molar-refractivity contribution >= 4 is 17.2 Å². The summed E-state index contributed by atoms with van der Waals surface area (Å²) in [5.41, 5.74) is 3.44. The molecule has 5 heteroatoms. The maximum atomic E-state index is 12.4. The topological polar surface area (TPSA) is 45.2 Å². The van der Waals surface area contributed by atoms with Crippen molar-refractivity contribution in [1.29, 1.82) is 0 Å². The average Bonchev–Trinajstić information content (AvgIpc) is 2.98. The van der Waals surface area contributed by atoms with E-state index in [-0.39, 0.29) is 11.3 Å². The van der Waals surface area contributed by atoms with Crippen molar-refractivity contribution in [2.24, 2.45) is 0 Å². The number of amides is 1. The number of carbonyl (C=O) groups is 1. The molecule has 152 valence electrons. The van der Waals surface area contributed by atoms with E-state index >= 15 is 0 Å². The number of aromatic nitrogens is 1. The minimum Gasteiger partial charge on any atom is -0.352 e. The highest BCUT2D eigenvalue weighted by molar-refractivity contribution is 7.09. The molecule has 0 atom stereocenters. The van der Waals surface area contributed by atoms with Gasteiger partial charge in [-0.2, -0.15) is 0 Å². The van der Waals surface area contributed by atoms with Crippen molar-refractivity contribution in [3.05, 3.63) is 51.5 Å². The predicted octanol–water partition coefficient (Wildman–Crippen LogP) is 4.68. The first-order valence-corrected chi connectivity index (χ1v) is 11.3. The quantitative estimate of drug-likeness (QED) is 0.767. The molecule has 0 bridgehead atoms. The molecular weight excluding hydrogens is 366 g/mol. The van der Waals surface area contributed by atoms with Gasteiger partial charge in [-0.05, 0) is 37.1 Å². The zero-order valence-corrected chi connectivity index (χ0v) is 18.3. The third-order valence-corrected chi connectivity index (χ3v) is 6.54. The minimum absolute atomic E-state index is 0.0334. The summed E-state index contributed by atoms with van der Waals surface area (Å²) in [7, 11) is 0. The number of benzene rings is 1. The number of carbonyl (C=O) groups excluding carboxylic acids is 1. The summed E-state index contributed by atoms with van der Waals surface area (Å²) in [5, 5.41) is 6.18. The maximum absolute atomic E-state index is 12.4. The minimum atomic E-state index is 0.0334. The molecular formula is C23H33N3OS. The summed E-state index contributed by atoms with van der Waals surface area (Å²) in [6, 6.07) is 8.49. The fourth-order valence-corrected chi connectivity index (χ4v) is 4.48. The largest absolute Gasteiger partial charge is 0.352 e. The molecule has 0 aliphatic carbocycles. The summed E-state index contributed by atoms with van der Waals surface area (Å²) < 4.78 is 0. The Bertz CT molecular complexity index is 770. The second-order valence-corrected chi connectivity index (χ2v) is 9.66. The number of thiazole rings is 1. The number of rotatable bonds is 6. The Labute approximate surface area is 173 Å². The van der Waals surface area contributed by atoms with E-state index in [0.29, 0.717) is 13.0 Å². The lowest BCUT2D eigenvalue weighted by Gasteiger charge is -2.21. The molecule has 1 saturated heterocycles. The molecule has 2 heterocycles. The van der Waals surface area contributed by atoms with Gasteiger partial charge in [0.05, 0.1) is 17.1 Å². The van der Waals surface area contributed by atoms with Gasteiger partial charge in [-0.3, -0.25) is 9.69 Å². The molecule has 1 aliphatic rings. The van der Waals surface area contributed by atoms with E-state index in [9.17, 15) is 4.79 Å². The smallest absolute Gasteiger partial charge is 0.226 e. The van der Waals surface area contributed by atoms with Gasteiger partial charge in [0.2, 0.25) is 5.91 Å². The van der Waals surface area contributed by atoms with Gasteiger partial charge in [0, 0.05) is 23.9 Å². The molecule has 1 N–H and O–H groups in total. The average molecular weight is 400 g/mol. The van der Waals surface area contributed by atoms with Crippen LogP contribution in [0.1, 0.15) is 68.3 Å². The van der Waals surface area contributed by atoms with Gasteiger partial charge in [-0.15, -0.1) is 11.3 Å². The van der Waals surface area contributed by atoms with Crippen LogP contribution in [-0.2, 0) is 29.7 Å². The first-order chi connectivity index (χ1) is 13.4. The summed E-state index contributed by atoms with van der Waals surface area (Å²) in [5.74, 6) is 0.0373. The lowest BCUT2D eigenvalue weighted by molar-refractivity contribution is -0.120. The molecule has 0 saturated carbocycles. The predicted molar refractivity (Wildman–Crippen MR) is 117 cm³/mol. The highest BCUT2D eigenvalue weighted by atomic mass is 32.1. The molecule has 1 amide bonds. The summed E-state index contributed by atoms with van der Waals surface area (Å²) in [4.78, 5) is 19.6. The Kier molecular flexibility index (Phi) is 7.24. The van der Waals surface area contributed by atoms with Crippen LogP contribution in [0.4, 0.5) is 0 Å². The molecule has 2 aromatic rings. The Morgan fingerprint density at radius 3 is 2.43 bits per heavy atom. The molecule has 0 spiro atoms. The molecule has 1 aromatic heterocycles. The monoisotopic (exact) mass is 399 g/mol. The van der Waals surface area contributed by atoms with Gasteiger partial charge in [-0.25, -0.2) is 4.98 Å². The van der Waals surface area contributed by atoms with Crippen LogP contribution in [-0.4, -0.2) is 28.9 Å². The van der Waals surface area contributed by atoms with Crippen molar-refractivity contribution in [1.82, 2.24) is 15.2 Å².